The van der Waals surface area contributed by atoms with Crippen LogP contribution >= 0.6 is 11.6 Å². The molecule has 4 heteroatoms. The van der Waals surface area contributed by atoms with E-state index < -0.39 is 11.8 Å². The molecule has 0 aliphatic heterocycles. The molecule has 0 amide bonds. The number of halogens is 1. The van der Waals surface area contributed by atoms with E-state index in [9.17, 15) is 9.59 Å². The molecule has 0 bridgehead atoms. The van der Waals surface area contributed by atoms with E-state index in [4.69, 9.17) is 17.3 Å². The molecule has 0 saturated carbocycles. The first-order valence-corrected chi connectivity index (χ1v) is 6.00. The summed E-state index contributed by atoms with van der Waals surface area (Å²) < 4.78 is 0. The fourth-order valence-corrected chi connectivity index (χ4v) is 2.68. The lowest BCUT2D eigenvalue weighted by Crippen LogP contribution is -2.36. The first-order valence-electron chi connectivity index (χ1n) is 5.62. The van der Waals surface area contributed by atoms with Gasteiger partial charge in [0.15, 0.2) is 11.6 Å². The van der Waals surface area contributed by atoms with E-state index in [-0.39, 0.29) is 11.6 Å². The highest BCUT2D eigenvalue weighted by molar-refractivity contribution is 6.32. The van der Waals surface area contributed by atoms with Crippen LogP contribution < -0.4 is 5.73 Å². The Morgan fingerprint density at radius 1 is 0.944 bits per heavy atom. The summed E-state index contributed by atoms with van der Waals surface area (Å²) in [6.07, 6.45) is 3.17. The van der Waals surface area contributed by atoms with Gasteiger partial charge in [0, 0.05) is 16.8 Å². The Labute approximate surface area is 109 Å². The van der Waals surface area contributed by atoms with Crippen LogP contribution in [-0.2, 0) is 0 Å². The maximum Gasteiger partial charge on any atom is 0.171 e. The Morgan fingerprint density at radius 3 is 2.00 bits per heavy atom. The van der Waals surface area contributed by atoms with Gasteiger partial charge >= 0.3 is 0 Å². The summed E-state index contributed by atoms with van der Waals surface area (Å²) in [6.45, 7) is 0. The van der Waals surface area contributed by atoms with Gasteiger partial charge < -0.3 is 5.73 Å². The lowest BCUT2D eigenvalue weighted by atomic mass is 9.72. The molecule has 0 radical (unpaired) electrons. The summed E-state index contributed by atoms with van der Waals surface area (Å²) in [5.41, 5.74) is 7.01. The topological polar surface area (TPSA) is 60.2 Å². The second-order valence-corrected chi connectivity index (χ2v) is 4.87. The number of nitrogens with two attached hydrogens (primary N) is 1. The van der Waals surface area contributed by atoms with Crippen molar-refractivity contribution in [2.45, 2.75) is 0 Å². The molecule has 0 spiro atoms. The number of fused-ring (bicyclic) bond motifs is 2. The number of hydrogen-bond donors (Lipinski definition) is 1. The van der Waals surface area contributed by atoms with Crippen molar-refractivity contribution in [3.63, 3.8) is 0 Å². The number of ketones is 2. The predicted molar refractivity (Wildman–Crippen MR) is 68.3 cm³/mol. The minimum atomic E-state index is -0.521. The molecular weight excluding hydrogens is 250 g/mol. The van der Waals surface area contributed by atoms with E-state index in [2.05, 4.69) is 0 Å². The molecule has 0 heterocycles. The number of benzene rings is 1. The lowest BCUT2D eigenvalue weighted by molar-refractivity contribution is 0.0800. The fraction of sp³-hybridized carbons (Fsp3) is 0.143. The van der Waals surface area contributed by atoms with Crippen LogP contribution in [-0.4, -0.2) is 11.6 Å². The minimum absolute atomic E-state index is 0.0708. The SMILES string of the molecule is NC1=C[C@@H]2C(=O)c3ccccc3C(=O)[C@@H]2C=C1Cl. The Kier molecular flexibility index (Phi) is 2.38. The molecule has 0 fully saturated rings. The highest BCUT2D eigenvalue weighted by Crippen LogP contribution is 2.37. The number of hydrogen-bond acceptors (Lipinski definition) is 3. The summed E-state index contributed by atoms with van der Waals surface area (Å²) in [5.74, 6) is -1.18. The van der Waals surface area contributed by atoms with E-state index in [1.54, 1.807) is 36.4 Å². The third kappa shape index (κ3) is 1.44. The van der Waals surface area contributed by atoms with Crippen LogP contribution in [0.5, 0.6) is 0 Å². The van der Waals surface area contributed by atoms with Gasteiger partial charge in [-0.05, 0) is 6.08 Å². The zero-order valence-corrected chi connectivity index (χ0v) is 10.1. The molecule has 3 nitrogen and oxygen atoms in total. The van der Waals surface area contributed by atoms with Gasteiger partial charge in [0.1, 0.15) is 0 Å². The molecule has 0 unspecified atom stereocenters. The first-order chi connectivity index (χ1) is 8.59. The average molecular weight is 260 g/mol. The summed E-state index contributed by atoms with van der Waals surface area (Å²) >= 11 is 5.93. The Morgan fingerprint density at radius 2 is 1.44 bits per heavy atom. The number of carbonyl (C=O) groups excluding carboxylic acids is 2. The number of allylic oxidation sites excluding steroid dienone is 3. The van der Waals surface area contributed by atoms with Crippen LogP contribution in [0.3, 0.4) is 0 Å². The van der Waals surface area contributed by atoms with E-state index in [0.717, 1.165) is 0 Å². The highest BCUT2D eigenvalue weighted by atomic mass is 35.5. The molecule has 90 valence electrons. The molecule has 2 atom stereocenters. The van der Waals surface area contributed by atoms with Gasteiger partial charge in [-0.25, -0.2) is 0 Å². The van der Waals surface area contributed by atoms with Crippen LogP contribution in [0.4, 0.5) is 0 Å². The number of rotatable bonds is 0. The summed E-state index contributed by atoms with van der Waals surface area (Å²) in [5, 5.41) is 0.344. The van der Waals surface area contributed by atoms with E-state index >= 15 is 0 Å². The van der Waals surface area contributed by atoms with Crippen molar-refractivity contribution in [2.24, 2.45) is 17.6 Å². The maximum absolute atomic E-state index is 12.3. The Balaban J connectivity index is 2.19. The molecule has 18 heavy (non-hydrogen) atoms. The van der Waals surface area contributed by atoms with Crippen molar-refractivity contribution in [2.75, 3.05) is 0 Å². The van der Waals surface area contributed by atoms with Gasteiger partial charge in [-0.3, -0.25) is 9.59 Å². The van der Waals surface area contributed by atoms with E-state index in [0.29, 0.717) is 21.9 Å². The standard InChI is InChI=1S/C14H10ClNO2/c15-11-5-9-10(6-12(11)16)14(18)8-4-2-1-3-7(8)13(9)17/h1-6,9-10H,16H2/t9-,10+/m1/s1. The highest BCUT2D eigenvalue weighted by Gasteiger charge is 2.40. The third-order valence-electron chi connectivity index (χ3n) is 3.41. The molecule has 3 rings (SSSR count). The van der Waals surface area contributed by atoms with Gasteiger partial charge in [-0.1, -0.05) is 41.9 Å². The Bertz CT molecular complexity index is 575. The van der Waals surface area contributed by atoms with Crippen LogP contribution in [0.2, 0.25) is 0 Å². The molecular formula is C14H10ClNO2. The van der Waals surface area contributed by atoms with Crippen molar-refractivity contribution in [3.8, 4) is 0 Å². The Hall–Kier alpha value is -1.87. The quantitative estimate of drug-likeness (QED) is 0.778. The molecule has 1 aromatic carbocycles. The molecule has 2 N–H and O–H groups in total. The maximum atomic E-state index is 12.3. The van der Waals surface area contributed by atoms with Gasteiger partial charge in [-0.2, -0.15) is 0 Å². The average Bonchev–Trinajstić information content (AvgIpc) is 2.38. The van der Waals surface area contributed by atoms with Crippen molar-refractivity contribution in [1.29, 1.82) is 0 Å². The normalized spacial score (nSPS) is 26.1. The number of carbonyl (C=O) groups is 2. The van der Waals surface area contributed by atoms with Crippen LogP contribution in [0, 0.1) is 11.8 Å². The molecule has 2 aliphatic rings. The number of Topliss-reactive ketones (excluding diaryl/α,β-unsaturated/α-hetero) is 2. The zero-order valence-electron chi connectivity index (χ0n) is 9.39. The van der Waals surface area contributed by atoms with Gasteiger partial charge in [0.2, 0.25) is 0 Å². The molecule has 1 aromatic rings. The smallest absolute Gasteiger partial charge is 0.171 e. The molecule has 0 aromatic heterocycles. The predicted octanol–water partition coefficient (Wildman–Crippen LogP) is 2.28. The zero-order chi connectivity index (χ0) is 12.9. The molecule has 0 saturated heterocycles. The van der Waals surface area contributed by atoms with Gasteiger partial charge in [0.05, 0.1) is 16.9 Å². The van der Waals surface area contributed by atoms with Crippen molar-refractivity contribution in [1.82, 2.24) is 0 Å². The fourth-order valence-electron chi connectivity index (χ4n) is 2.48. The van der Waals surface area contributed by atoms with Crippen LogP contribution in [0.15, 0.2) is 47.1 Å². The second-order valence-electron chi connectivity index (χ2n) is 4.46. The van der Waals surface area contributed by atoms with Crippen molar-refractivity contribution in [3.05, 3.63) is 58.3 Å². The third-order valence-corrected chi connectivity index (χ3v) is 3.76. The van der Waals surface area contributed by atoms with Crippen molar-refractivity contribution < 1.29 is 9.59 Å². The first kappa shape index (κ1) is 11.2. The van der Waals surface area contributed by atoms with E-state index in [1.165, 1.54) is 0 Å². The summed E-state index contributed by atoms with van der Waals surface area (Å²) in [7, 11) is 0. The van der Waals surface area contributed by atoms with Gasteiger partial charge in [0.25, 0.3) is 0 Å². The monoisotopic (exact) mass is 259 g/mol. The molecule has 2 aliphatic carbocycles. The minimum Gasteiger partial charge on any atom is -0.398 e. The van der Waals surface area contributed by atoms with Crippen LogP contribution in [0.1, 0.15) is 20.7 Å². The lowest BCUT2D eigenvalue weighted by Gasteiger charge is -2.29. The van der Waals surface area contributed by atoms with Gasteiger partial charge in [-0.15, -0.1) is 0 Å². The van der Waals surface area contributed by atoms with E-state index in [1.807, 2.05) is 0 Å². The summed E-state index contributed by atoms with van der Waals surface area (Å²) in [6, 6.07) is 6.86. The van der Waals surface area contributed by atoms with Crippen LogP contribution in [0.25, 0.3) is 0 Å². The summed E-state index contributed by atoms with van der Waals surface area (Å²) in [4.78, 5) is 24.6. The largest absolute Gasteiger partial charge is 0.398 e. The second kappa shape index (κ2) is 3.82. The van der Waals surface area contributed by atoms with Crippen molar-refractivity contribution >= 4 is 23.2 Å².